The number of nitrogens with zero attached hydrogens (tertiary/aromatic N) is 3. The van der Waals surface area contributed by atoms with Gasteiger partial charge in [-0.15, -0.1) is 0 Å². The van der Waals surface area contributed by atoms with Crippen LogP contribution in [-0.2, 0) is 13.5 Å². The summed E-state index contributed by atoms with van der Waals surface area (Å²) in [5, 5.41) is 3.43. The lowest BCUT2D eigenvalue weighted by molar-refractivity contribution is 0.753. The summed E-state index contributed by atoms with van der Waals surface area (Å²) < 4.78 is 2.19. The van der Waals surface area contributed by atoms with Crippen molar-refractivity contribution >= 4 is 16.7 Å². The number of fused-ring (bicyclic) bond motifs is 1. The van der Waals surface area contributed by atoms with Gasteiger partial charge in [-0.1, -0.05) is 12.1 Å². The molecule has 2 heterocycles. The van der Waals surface area contributed by atoms with Crippen molar-refractivity contribution in [1.82, 2.24) is 14.5 Å². The van der Waals surface area contributed by atoms with Crippen molar-refractivity contribution in [2.75, 3.05) is 11.9 Å². The van der Waals surface area contributed by atoms with Crippen LogP contribution in [0.3, 0.4) is 0 Å². The molecule has 0 saturated carbocycles. The molecule has 0 radical (unpaired) electrons. The van der Waals surface area contributed by atoms with E-state index in [-0.39, 0.29) is 0 Å². The predicted molar refractivity (Wildman–Crippen MR) is 86.5 cm³/mol. The van der Waals surface area contributed by atoms with E-state index in [0.717, 1.165) is 42.1 Å². The van der Waals surface area contributed by atoms with Gasteiger partial charge in [0.1, 0.15) is 5.82 Å². The lowest BCUT2D eigenvalue weighted by atomic mass is 10.2. The highest BCUT2D eigenvalue weighted by Crippen LogP contribution is 2.15. The van der Waals surface area contributed by atoms with E-state index < -0.39 is 0 Å². The Balaban J connectivity index is 1.58. The molecular formula is C17H20N4. The first kappa shape index (κ1) is 13.6. The summed E-state index contributed by atoms with van der Waals surface area (Å²) in [6, 6.07) is 12.3. The molecule has 0 aliphatic carbocycles. The minimum Gasteiger partial charge on any atom is -0.385 e. The number of nitrogens with one attached hydrogen (secondary N) is 1. The van der Waals surface area contributed by atoms with E-state index in [2.05, 4.69) is 46.2 Å². The molecule has 0 atom stereocenters. The standard InChI is InChI=1S/C17H20N4/c1-13-12-14(9-11-18-13)19-10-5-8-17-20-15-6-3-4-7-16(15)21(17)2/h3-4,6-7,9,11-12H,5,8,10H2,1-2H3,(H,18,19). The van der Waals surface area contributed by atoms with E-state index in [0.29, 0.717) is 0 Å². The quantitative estimate of drug-likeness (QED) is 0.729. The highest BCUT2D eigenvalue weighted by atomic mass is 15.1. The minimum absolute atomic E-state index is 0.937. The molecule has 3 rings (SSSR count). The molecule has 21 heavy (non-hydrogen) atoms. The van der Waals surface area contributed by atoms with Gasteiger partial charge in [0.25, 0.3) is 0 Å². The molecule has 0 amide bonds. The van der Waals surface area contributed by atoms with E-state index in [1.807, 2.05) is 25.3 Å². The summed E-state index contributed by atoms with van der Waals surface area (Å²) >= 11 is 0. The first-order valence-corrected chi connectivity index (χ1v) is 7.31. The van der Waals surface area contributed by atoms with E-state index in [1.165, 1.54) is 5.52 Å². The maximum atomic E-state index is 4.70. The fourth-order valence-corrected chi connectivity index (χ4v) is 2.55. The van der Waals surface area contributed by atoms with Gasteiger partial charge in [-0.25, -0.2) is 4.98 Å². The molecule has 1 aromatic carbocycles. The third-order valence-corrected chi connectivity index (χ3v) is 3.68. The molecule has 1 N–H and O–H groups in total. The number of anilines is 1. The van der Waals surface area contributed by atoms with Gasteiger partial charge in [-0.2, -0.15) is 0 Å². The van der Waals surface area contributed by atoms with Crippen molar-refractivity contribution in [1.29, 1.82) is 0 Å². The SMILES string of the molecule is Cc1cc(NCCCc2nc3ccccc3n2C)ccn1. The Labute approximate surface area is 124 Å². The second-order valence-corrected chi connectivity index (χ2v) is 5.29. The normalized spacial score (nSPS) is 11.0. The van der Waals surface area contributed by atoms with Crippen molar-refractivity contribution < 1.29 is 0 Å². The Morgan fingerprint density at radius 3 is 2.86 bits per heavy atom. The summed E-state index contributed by atoms with van der Waals surface area (Å²) in [7, 11) is 2.09. The molecule has 4 nitrogen and oxygen atoms in total. The van der Waals surface area contributed by atoms with Gasteiger partial charge in [-0.3, -0.25) is 4.98 Å². The van der Waals surface area contributed by atoms with Crippen LogP contribution >= 0.6 is 0 Å². The average Bonchev–Trinajstić information content (AvgIpc) is 2.81. The molecule has 3 aromatic rings. The zero-order valence-electron chi connectivity index (χ0n) is 12.5. The molecule has 108 valence electrons. The van der Waals surface area contributed by atoms with E-state index in [1.54, 1.807) is 0 Å². The van der Waals surface area contributed by atoms with Crippen LogP contribution in [0, 0.1) is 6.92 Å². The van der Waals surface area contributed by atoms with Gasteiger partial charge < -0.3 is 9.88 Å². The summed E-state index contributed by atoms with van der Waals surface area (Å²) in [6.07, 6.45) is 3.86. The molecule has 0 spiro atoms. The second-order valence-electron chi connectivity index (χ2n) is 5.29. The Bertz CT molecular complexity index is 745. The number of benzene rings is 1. The summed E-state index contributed by atoms with van der Waals surface area (Å²) in [6.45, 7) is 2.94. The minimum atomic E-state index is 0.937. The first-order chi connectivity index (χ1) is 10.2. The Morgan fingerprint density at radius 1 is 1.19 bits per heavy atom. The number of hydrogen-bond acceptors (Lipinski definition) is 3. The molecule has 0 unspecified atom stereocenters. The predicted octanol–water partition coefficient (Wildman–Crippen LogP) is 3.32. The highest BCUT2D eigenvalue weighted by molar-refractivity contribution is 5.75. The van der Waals surface area contributed by atoms with Gasteiger partial charge >= 0.3 is 0 Å². The summed E-state index contributed by atoms with van der Waals surface area (Å²) in [5.41, 5.74) is 4.45. The highest BCUT2D eigenvalue weighted by Gasteiger charge is 2.06. The smallest absolute Gasteiger partial charge is 0.109 e. The van der Waals surface area contributed by atoms with Gasteiger partial charge in [0.15, 0.2) is 0 Å². The zero-order chi connectivity index (χ0) is 14.7. The number of hydrogen-bond donors (Lipinski definition) is 1. The summed E-state index contributed by atoms with van der Waals surface area (Å²) in [5.74, 6) is 1.14. The van der Waals surface area contributed by atoms with Crippen LogP contribution in [0.2, 0.25) is 0 Å². The first-order valence-electron chi connectivity index (χ1n) is 7.31. The molecule has 0 fully saturated rings. The van der Waals surface area contributed by atoms with Crippen LogP contribution in [0.5, 0.6) is 0 Å². The molecule has 0 aliphatic heterocycles. The van der Waals surface area contributed by atoms with Crippen molar-refractivity contribution in [3.05, 3.63) is 54.1 Å². The van der Waals surface area contributed by atoms with Crippen molar-refractivity contribution in [2.24, 2.45) is 7.05 Å². The van der Waals surface area contributed by atoms with Crippen LogP contribution in [-0.4, -0.2) is 21.1 Å². The van der Waals surface area contributed by atoms with Gasteiger partial charge in [-0.05, 0) is 37.6 Å². The van der Waals surface area contributed by atoms with Crippen molar-refractivity contribution in [2.45, 2.75) is 19.8 Å². The summed E-state index contributed by atoms with van der Waals surface area (Å²) in [4.78, 5) is 8.89. The molecule has 0 aliphatic rings. The van der Waals surface area contributed by atoms with E-state index in [4.69, 9.17) is 4.98 Å². The molecular weight excluding hydrogens is 260 g/mol. The fraction of sp³-hybridized carbons (Fsp3) is 0.294. The monoisotopic (exact) mass is 280 g/mol. The topological polar surface area (TPSA) is 42.7 Å². The van der Waals surface area contributed by atoms with Crippen molar-refractivity contribution in [3.8, 4) is 0 Å². The fourth-order valence-electron chi connectivity index (χ4n) is 2.55. The maximum Gasteiger partial charge on any atom is 0.109 e. The van der Waals surface area contributed by atoms with Crippen LogP contribution < -0.4 is 5.32 Å². The zero-order valence-corrected chi connectivity index (χ0v) is 12.5. The van der Waals surface area contributed by atoms with Gasteiger partial charge in [0.05, 0.1) is 11.0 Å². The average molecular weight is 280 g/mol. The molecule has 4 heteroatoms. The number of rotatable bonds is 5. The lowest BCUT2D eigenvalue weighted by Gasteiger charge is -2.07. The van der Waals surface area contributed by atoms with Crippen molar-refractivity contribution in [3.63, 3.8) is 0 Å². The van der Waals surface area contributed by atoms with E-state index >= 15 is 0 Å². The molecule has 2 aromatic heterocycles. The Kier molecular flexibility index (Phi) is 3.86. The number of pyridine rings is 1. The number of imidazole rings is 1. The maximum absolute atomic E-state index is 4.70. The van der Waals surface area contributed by atoms with Gasteiger partial charge in [0.2, 0.25) is 0 Å². The second kappa shape index (κ2) is 5.95. The number of aryl methyl sites for hydroxylation is 3. The lowest BCUT2D eigenvalue weighted by Crippen LogP contribution is -2.06. The third-order valence-electron chi connectivity index (χ3n) is 3.68. The van der Waals surface area contributed by atoms with Crippen LogP contribution in [0.4, 0.5) is 5.69 Å². The third kappa shape index (κ3) is 3.05. The van der Waals surface area contributed by atoms with Crippen LogP contribution in [0.1, 0.15) is 17.9 Å². The molecule has 0 bridgehead atoms. The van der Waals surface area contributed by atoms with Gasteiger partial charge in [0, 0.05) is 37.6 Å². The Hall–Kier alpha value is -2.36. The largest absolute Gasteiger partial charge is 0.385 e. The van der Waals surface area contributed by atoms with Crippen LogP contribution in [0.15, 0.2) is 42.6 Å². The van der Waals surface area contributed by atoms with Crippen LogP contribution in [0.25, 0.3) is 11.0 Å². The number of para-hydroxylation sites is 2. The molecule has 0 saturated heterocycles. The Morgan fingerprint density at radius 2 is 2.05 bits per heavy atom. The number of aromatic nitrogens is 3. The van der Waals surface area contributed by atoms with E-state index in [9.17, 15) is 0 Å².